The standard InChI is InChI=1S/C43H48N6O8S2.C36H41N5O7S.C7H9NO2S/c50-38-35-24-31(56-39-37(36-22-13-23-58-36)44-32-19-11-12-20-33(32)45-39)26-49(35)40(51)34(46-42(53)57-30-17-9-10-18-30)21-8-3-1-2-7-16-29-25-43(29,47-38)41(52)48-59(54,55)27-28-14-5-4-6-15-28;42-31-28-19-24(47-32-30(29-17-10-18-49-29)37-25-14-8-9-15-26(25)38-32)21-41(28)33(43)27(39-35(46)48-23-12-6-7-13-23)16-5-3-1-2-4-11-22-20-36(22,40-31)34(44)45;8-11(9,10)6-7-4-2-1-3-5-7/h4-7,11-16,19-20,22-23,29-31,34-35H,1-3,8-10,17-18,21,24-27H2,(H,46,53)(H,47,50)(H,48,52);4,8-11,14-15,17-18,22-24,27-28H,1-3,5-7,12-13,16,19-21H2,(H,39,46)(H,40,42)(H,44,45);1-5H,6H2,(H2,8,9,10)/b16-7-;11-4-;/t29-,31+,34-,35+,43+;22-,24+,27-,28+,36+;/m11./s1. The molecule has 0 spiro atoms. The van der Waals surface area contributed by atoms with E-state index in [1.54, 1.807) is 54.6 Å². The number of nitrogens with zero attached hydrogens (tertiary/aromatic N) is 6. The van der Waals surface area contributed by atoms with Gasteiger partial charge in [0.2, 0.25) is 55.4 Å². The third kappa shape index (κ3) is 21.7. The van der Waals surface area contributed by atoms with Crippen LogP contribution in [0.1, 0.15) is 152 Å². The zero-order valence-electron chi connectivity index (χ0n) is 65.7. The van der Waals surface area contributed by atoms with E-state index in [0.717, 1.165) is 98.8 Å². The summed E-state index contributed by atoms with van der Waals surface area (Å²) in [6.07, 6.45) is 18.9. The summed E-state index contributed by atoms with van der Waals surface area (Å²) in [7, 11) is -7.51. The molecule has 29 nitrogen and oxygen atoms in total. The lowest BCUT2D eigenvalue weighted by Crippen LogP contribution is -2.58. The van der Waals surface area contributed by atoms with Crippen LogP contribution in [0, 0.1) is 11.8 Å². The van der Waals surface area contributed by atoms with E-state index in [2.05, 4.69) is 26.0 Å². The van der Waals surface area contributed by atoms with Crippen LogP contribution in [0.25, 0.3) is 43.2 Å². The van der Waals surface area contributed by atoms with Gasteiger partial charge in [0, 0.05) is 24.7 Å². The summed E-state index contributed by atoms with van der Waals surface area (Å²) in [5, 5.41) is 30.2. The number of benzene rings is 4. The fraction of sp³-hybridized carbons (Fsp3) is 0.442. The van der Waals surface area contributed by atoms with Crippen molar-refractivity contribution < 1.29 is 79.2 Å². The second-order valence-electron chi connectivity index (χ2n) is 31.6. The highest BCUT2D eigenvalue weighted by molar-refractivity contribution is 7.89. The minimum Gasteiger partial charge on any atom is -0.479 e. The zero-order valence-corrected chi connectivity index (χ0v) is 69.0. The molecule has 8 heterocycles. The predicted molar refractivity (Wildman–Crippen MR) is 447 cm³/mol. The van der Waals surface area contributed by atoms with Crippen LogP contribution in [0.4, 0.5) is 9.59 Å². The lowest BCUT2D eigenvalue weighted by molar-refractivity contribution is -0.145. The van der Waals surface area contributed by atoms with Crippen molar-refractivity contribution in [2.75, 3.05) is 13.1 Å². The summed E-state index contributed by atoms with van der Waals surface area (Å²) < 4.78 is 74.4. The number of thiophene rings is 2. The predicted octanol–water partition coefficient (Wildman–Crippen LogP) is 11.5. The van der Waals surface area contributed by atoms with Gasteiger partial charge in [0.25, 0.3) is 5.91 Å². The number of allylic oxidation sites excluding steroid dienone is 2. The number of ether oxygens (including phenoxy) is 4. The number of carbonyl (C=O) groups is 8. The molecule has 10 atom stereocenters. The van der Waals surface area contributed by atoms with E-state index in [1.165, 1.54) is 32.5 Å². The SMILES string of the molecule is NS(=O)(=O)Cc1ccccc1.O=C(N[C@@H]1CCCCC/C=C\[C@@H]2C[C@]2(C(=O)NS(=O)(=O)Cc2ccccc2)NC(=O)[C@@H]2C[C@H](Oc3nc4ccccc4nc3-c3cccs3)CN2C1=O)OC1CCCC1.O=C(N[C@@H]1CCCCC/C=C\[C@@H]2C[C@]2(C(=O)O)NC(=O)[C@@H]2C[C@H](Oc3nc4ccccc4nc3-c3cccs3)CN2C1=O)OC1CCCC1. The summed E-state index contributed by atoms with van der Waals surface area (Å²) >= 11 is 2.97. The number of amides is 7. The molecule has 4 aliphatic carbocycles. The molecule has 4 saturated carbocycles. The lowest BCUT2D eigenvalue weighted by Gasteiger charge is -2.30. The second-order valence-corrected chi connectivity index (χ2v) is 36.8. The Bertz CT molecular complexity index is 5270. The van der Waals surface area contributed by atoms with E-state index in [0.29, 0.717) is 71.1 Å². The maximum Gasteiger partial charge on any atom is 0.408 e. The van der Waals surface area contributed by atoms with Crippen molar-refractivity contribution in [3.05, 3.63) is 180 Å². The maximum atomic E-state index is 14.7. The Labute approximate surface area is 698 Å². The van der Waals surface area contributed by atoms with Gasteiger partial charge in [-0.1, -0.05) is 147 Å². The molecule has 8 aromatic rings. The van der Waals surface area contributed by atoms with Gasteiger partial charge >= 0.3 is 18.2 Å². The Kier molecular flexibility index (Phi) is 27.1. The number of primary sulfonamides is 1. The van der Waals surface area contributed by atoms with Crippen LogP contribution in [0.3, 0.4) is 0 Å². The molecular formula is C86H98N12O17S4. The van der Waals surface area contributed by atoms with Gasteiger partial charge in [0.05, 0.1) is 56.4 Å². The number of alkyl carbamates (subject to hydrolysis) is 2. The van der Waals surface area contributed by atoms with Crippen molar-refractivity contribution in [2.24, 2.45) is 17.0 Å². The van der Waals surface area contributed by atoms with Crippen molar-refractivity contribution in [2.45, 2.75) is 212 Å². The minimum atomic E-state index is -4.14. The number of carbonyl (C=O) groups excluding carboxylic acids is 7. The van der Waals surface area contributed by atoms with E-state index < -0.39 is 127 Å². The molecule has 0 radical (unpaired) electrons. The Morgan fingerprint density at radius 2 is 0.899 bits per heavy atom. The number of hydrogen-bond acceptors (Lipinski definition) is 22. The van der Waals surface area contributed by atoms with Gasteiger partial charge in [-0.2, -0.15) is 0 Å². The number of hydrogen-bond donors (Lipinski definition) is 7. The molecule has 2 saturated heterocycles. The lowest BCUT2D eigenvalue weighted by atomic mass is 10.0. The summed E-state index contributed by atoms with van der Waals surface area (Å²) in [5.41, 5.74) is 1.94. The molecule has 7 amide bonds. The van der Waals surface area contributed by atoms with Gasteiger partial charge in [-0.15, -0.1) is 22.7 Å². The van der Waals surface area contributed by atoms with Crippen LogP contribution in [-0.4, -0.2) is 172 Å². The van der Waals surface area contributed by atoms with Crippen molar-refractivity contribution in [1.29, 1.82) is 0 Å². The Hall–Kier alpha value is -10.7. The number of rotatable bonds is 17. The molecule has 16 rings (SSSR count). The largest absolute Gasteiger partial charge is 0.479 e. The van der Waals surface area contributed by atoms with Gasteiger partial charge in [-0.3, -0.25) is 28.7 Å². The molecule has 0 bridgehead atoms. The molecule has 33 heteroatoms. The number of carboxylic acids is 1. The Balaban J connectivity index is 0.000000175. The third-order valence-corrected chi connectivity index (χ3v) is 26.5. The number of nitrogens with one attached hydrogen (secondary N) is 5. The van der Waals surface area contributed by atoms with Crippen molar-refractivity contribution in [3.63, 3.8) is 0 Å². The highest BCUT2D eigenvalue weighted by atomic mass is 32.2. The van der Waals surface area contributed by atoms with Gasteiger partial charge in [0.1, 0.15) is 71.0 Å². The first-order chi connectivity index (χ1) is 57.4. The molecule has 4 aromatic carbocycles. The molecule has 4 aromatic heterocycles. The third-order valence-electron chi connectivity index (χ3n) is 22.8. The van der Waals surface area contributed by atoms with Gasteiger partial charge in [-0.25, -0.2) is 56.3 Å². The quantitative estimate of drug-likeness (QED) is 0.0416. The maximum absolute atomic E-state index is 14.7. The van der Waals surface area contributed by atoms with Crippen molar-refractivity contribution in [1.82, 2.24) is 55.7 Å². The number of fused-ring (bicyclic) bond motifs is 6. The number of para-hydroxylation sites is 4. The number of nitrogens with two attached hydrogens (primary N) is 1. The summed E-state index contributed by atoms with van der Waals surface area (Å²) in [5.74, 6) is -4.85. The Morgan fingerprint density at radius 1 is 0.496 bits per heavy atom. The number of aliphatic carboxylic acids is 1. The first kappa shape index (κ1) is 84.7. The molecule has 8 aliphatic rings. The summed E-state index contributed by atoms with van der Waals surface area (Å²) in [6.45, 7) is 0.00764. The minimum absolute atomic E-state index is 0.0275. The van der Waals surface area contributed by atoms with E-state index in [1.807, 2.05) is 114 Å². The van der Waals surface area contributed by atoms with Crippen LogP contribution < -0.4 is 40.6 Å². The average Bonchev–Trinajstić information content (AvgIpc) is 1.58. The first-order valence-electron chi connectivity index (χ1n) is 40.8. The van der Waals surface area contributed by atoms with Gasteiger partial charge in [0.15, 0.2) is 0 Å². The molecular weight excluding hydrogens is 1600 g/mol. The molecule has 628 valence electrons. The molecule has 6 fully saturated rings. The van der Waals surface area contributed by atoms with Crippen molar-refractivity contribution in [3.8, 4) is 32.9 Å². The molecule has 4 aliphatic heterocycles. The van der Waals surface area contributed by atoms with E-state index in [9.17, 15) is 60.3 Å². The topological polar surface area (TPSA) is 406 Å². The zero-order chi connectivity index (χ0) is 83.3. The highest BCUT2D eigenvalue weighted by Crippen LogP contribution is 2.48. The normalized spacial score (nSPS) is 25.6. The fourth-order valence-electron chi connectivity index (χ4n) is 16.4. The molecule has 8 N–H and O–H groups in total. The highest BCUT2D eigenvalue weighted by Gasteiger charge is 2.63. The summed E-state index contributed by atoms with van der Waals surface area (Å²) in [6, 6.07) is 35.8. The smallest absolute Gasteiger partial charge is 0.408 e. The number of aromatic nitrogens is 4. The van der Waals surface area contributed by atoms with E-state index >= 15 is 0 Å². The van der Waals surface area contributed by atoms with Gasteiger partial charge in [-0.05, 0) is 161 Å². The van der Waals surface area contributed by atoms with Crippen LogP contribution in [0.15, 0.2) is 169 Å². The number of carboxylic acid groups (broad SMARTS) is 1. The van der Waals surface area contributed by atoms with Crippen LogP contribution in [0.2, 0.25) is 0 Å². The van der Waals surface area contributed by atoms with Crippen molar-refractivity contribution >= 4 is 112 Å². The average molecular weight is 1700 g/mol. The first-order valence-corrected chi connectivity index (χ1v) is 45.9. The van der Waals surface area contributed by atoms with E-state index in [-0.39, 0.29) is 74.4 Å². The van der Waals surface area contributed by atoms with Crippen LogP contribution in [-0.2, 0) is 69.8 Å². The van der Waals surface area contributed by atoms with E-state index in [4.69, 9.17) is 44.0 Å². The second kappa shape index (κ2) is 38.1. The summed E-state index contributed by atoms with van der Waals surface area (Å²) in [4.78, 5) is 134. The van der Waals surface area contributed by atoms with Crippen LogP contribution >= 0.6 is 22.7 Å². The Morgan fingerprint density at radius 3 is 1.33 bits per heavy atom. The fourth-order valence-corrected chi connectivity index (χ4v) is 19.7. The molecule has 0 unspecified atom stereocenters. The van der Waals surface area contributed by atoms with Gasteiger partial charge < -0.3 is 55.1 Å². The van der Waals surface area contributed by atoms with Crippen LogP contribution in [0.5, 0.6) is 11.8 Å². The number of sulfonamides is 2. The molecule has 119 heavy (non-hydrogen) atoms. The monoisotopic (exact) mass is 1700 g/mol.